The summed E-state index contributed by atoms with van der Waals surface area (Å²) >= 11 is 6.16. The van der Waals surface area contributed by atoms with E-state index >= 15 is 0 Å². The van der Waals surface area contributed by atoms with Gasteiger partial charge >= 0.3 is 0 Å². The Hall–Kier alpha value is -3.12. The average Bonchev–Trinajstić information content (AvgIpc) is 2.67. The van der Waals surface area contributed by atoms with Crippen LogP contribution in [0.25, 0.3) is 0 Å². The lowest BCUT2D eigenvalue weighted by atomic mass is 10.1. The SMILES string of the molecule is C=CC(=O)Nc1ccc(CC(=O)Nc2ccc(C(=O)NCCC)c(Cl)c2)cc1. The normalized spacial score (nSPS) is 10.1. The van der Waals surface area contributed by atoms with Gasteiger partial charge in [-0.25, -0.2) is 0 Å². The van der Waals surface area contributed by atoms with Crippen molar-refractivity contribution in [3.8, 4) is 0 Å². The predicted molar refractivity (Wildman–Crippen MR) is 112 cm³/mol. The second-order valence-corrected chi connectivity index (χ2v) is 6.47. The van der Waals surface area contributed by atoms with Crippen molar-refractivity contribution in [1.29, 1.82) is 0 Å². The van der Waals surface area contributed by atoms with Gasteiger partial charge in [-0.15, -0.1) is 0 Å². The van der Waals surface area contributed by atoms with E-state index in [-0.39, 0.29) is 29.2 Å². The summed E-state index contributed by atoms with van der Waals surface area (Å²) in [7, 11) is 0. The molecular weight excluding hydrogens is 378 g/mol. The monoisotopic (exact) mass is 399 g/mol. The van der Waals surface area contributed by atoms with E-state index in [9.17, 15) is 14.4 Å². The molecule has 28 heavy (non-hydrogen) atoms. The molecule has 3 N–H and O–H groups in total. The minimum absolute atomic E-state index is 0.159. The lowest BCUT2D eigenvalue weighted by Gasteiger charge is -2.10. The highest BCUT2D eigenvalue weighted by atomic mass is 35.5. The summed E-state index contributed by atoms with van der Waals surface area (Å²) in [6.45, 7) is 5.93. The molecule has 0 bridgehead atoms. The lowest BCUT2D eigenvalue weighted by molar-refractivity contribution is -0.115. The molecule has 0 fully saturated rings. The van der Waals surface area contributed by atoms with Gasteiger partial charge in [0.2, 0.25) is 11.8 Å². The Bertz CT molecular complexity index is 879. The van der Waals surface area contributed by atoms with Crippen LogP contribution in [0.5, 0.6) is 0 Å². The molecule has 3 amide bonds. The van der Waals surface area contributed by atoms with E-state index in [1.54, 1.807) is 42.5 Å². The summed E-state index contributed by atoms with van der Waals surface area (Å²) < 4.78 is 0. The van der Waals surface area contributed by atoms with E-state index in [2.05, 4.69) is 22.5 Å². The minimum atomic E-state index is -0.297. The van der Waals surface area contributed by atoms with E-state index in [0.717, 1.165) is 12.0 Å². The quantitative estimate of drug-likeness (QED) is 0.590. The summed E-state index contributed by atoms with van der Waals surface area (Å²) in [6.07, 6.45) is 2.18. The maximum absolute atomic E-state index is 12.2. The van der Waals surface area contributed by atoms with Crippen LogP contribution < -0.4 is 16.0 Å². The van der Waals surface area contributed by atoms with Crippen molar-refractivity contribution in [3.05, 3.63) is 71.3 Å². The van der Waals surface area contributed by atoms with E-state index in [0.29, 0.717) is 23.5 Å². The van der Waals surface area contributed by atoms with Gasteiger partial charge < -0.3 is 16.0 Å². The molecule has 0 aliphatic carbocycles. The van der Waals surface area contributed by atoms with Crippen LogP contribution in [0.1, 0.15) is 29.3 Å². The molecule has 0 radical (unpaired) electrons. The van der Waals surface area contributed by atoms with Gasteiger partial charge in [-0.05, 0) is 48.4 Å². The number of carbonyl (C=O) groups excluding carboxylic acids is 3. The summed E-state index contributed by atoms with van der Waals surface area (Å²) in [5.41, 5.74) is 2.29. The van der Waals surface area contributed by atoms with Crippen molar-refractivity contribution < 1.29 is 14.4 Å². The van der Waals surface area contributed by atoms with Gasteiger partial charge in [0.25, 0.3) is 5.91 Å². The van der Waals surface area contributed by atoms with Crippen LogP contribution in [-0.2, 0) is 16.0 Å². The number of hydrogen-bond donors (Lipinski definition) is 3. The Labute approximate surface area is 169 Å². The fourth-order valence-corrected chi connectivity index (χ4v) is 2.67. The van der Waals surface area contributed by atoms with Crippen molar-refractivity contribution in [2.75, 3.05) is 17.2 Å². The van der Waals surface area contributed by atoms with Gasteiger partial charge in [-0.1, -0.05) is 37.2 Å². The number of anilines is 2. The summed E-state index contributed by atoms with van der Waals surface area (Å²) in [4.78, 5) is 35.5. The zero-order valence-electron chi connectivity index (χ0n) is 15.5. The van der Waals surface area contributed by atoms with Gasteiger partial charge in [-0.2, -0.15) is 0 Å². The molecule has 0 saturated carbocycles. The molecule has 146 valence electrons. The van der Waals surface area contributed by atoms with Crippen LogP contribution in [-0.4, -0.2) is 24.3 Å². The number of hydrogen-bond acceptors (Lipinski definition) is 3. The first kappa shape index (κ1) is 21.2. The zero-order chi connectivity index (χ0) is 20.5. The maximum Gasteiger partial charge on any atom is 0.252 e. The smallest absolute Gasteiger partial charge is 0.252 e. The first-order valence-electron chi connectivity index (χ1n) is 8.83. The second-order valence-electron chi connectivity index (χ2n) is 6.07. The number of rotatable bonds is 8. The fraction of sp³-hybridized carbons (Fsp3) is 0.190. The molecule has 0 spiro atoms. The van der Waals surface area contributed by atoms with Gasteiger partial charge in [0.1, 0.15) is 0 Å². The molecule has 7 heteroatoms. The van der Waals surface area contributed by atoms with Crippen molar-refractivity contribution in [2.45, 2.75) is 19.8 Å². The summed E-state index contributed by atoms with van der Waals surface area (Å²) in [5.74, 6) is -0.760. The molecule has 0 unspecified atom stereocenters. The van der Waals surface area contributed by atoms with Crippen molar-refractivity contribution in [3.63, 3.8) is 0 Å². The van der Waals surface area contributed by atoms with E-state index in [4.69, 9.17) is 11.6 Å². The molecular formula is C21H22ClN3O3. The van der Waals surface area contributed by atoms with E-state index < -0.39 is 0 Å². The van der Waals surface area contributed by atoms with Gasteiger partial charge in [0.05, 0.1) is 17.0 Å². The highest BCUT2D eigenvalue weighted by Crippen LogP contribution is 2.21. The van der Waals surface area contributed by atoms with Gasteiger partial charge in [0.15, 0.2) is 0 Å². The molecule has 2 aromatic carbocycles. The second kappa shape index (κ2) is 10.3. The lowest BCUT2D eigenvalue weighted by Crippen LogP contribution is -2.24. The number of carbonyl (C=O) groups is 3. The Kier molecular flexibility index (Phi) is 7.77. The Morgan fingerprint density at radius 3 is 2.32 bits per heavy atom. The van der Waals surface area contributed by atoms with Crippen LogP contribution >= 0.6 is 11.6 Å². The van der Waals surface area contributed by atoms with E-state index in [1.807, 2.05) is 6.92 Å². The third-order valence-corrected chi connectivity index (χ3v) is 4.12. The molecule has 0 aromatic heterocycles. The van der Waals surface area contributed by atoms with Crippen LogP contribution in [0.4, 0.5) is 11.4 Å². The Morgan fingerprint density at radius 1 is 1.04 bits per heavy atom. The molecule has 6 nitrogen and oxygen atoms in total. The number of halogens is 1. The minimum Gasteiger partial charge on any atom is -0.352 e. The highest BCUT2D eigenvalue weighted by Gasteiger charge is 2.11. The molecule has 2 aromatic rings. The van der Waals surface area contributed by atoms with Crippen LogP contribution in [0.15, 0.2) is 55.1 Å². The van der Waals surface area contributed by atoms with E-state index in [1.165, 1.54) is 6.08 Å². The van der Waals surface area contributed by atoms with Gasteiger partial charge in [-0.3, -0.25) is 14.4 Å². The molecule has 0 saturated heterocycles. The standard InChI is InChI=1S/C21H22ClN3O3/c1-3-11-23-21(28)17-10-9-16(13-18(17)22)25-20(27)12-14-5-7-15(8-6-14)24-19(26)4-2/h4-10,13H,2-3,11-12H2,1H3,(H,23,28)(H,24,26)(H,25,27). The summed E-state index contributed by atoms with van der Waals surface area (Å²) in [5, 5.41) is 8.43. The van der Waals surface area contributed by atoms with Crippen molar-refractivity contribution in [2.24, 2.45) is 0 Å². The highest BCUT2D eigenvalue weighted by molar-refractivity contribution is 6.34. The Morgan fingerprint density at radius 2 is 1.71 bits per heavy atom. The molecule has 0 atom stereocenters. The topological polar surface area (TPSA) is 87.3 Å². The van der Waals surface area contributed by atoms with Gasteiger partial charge in [0, 0.05) is 17.9 Å². The van der Waals surface area contributed by atoms with Crippen LogP contribution in [0.2, 0.25) is 5.02 Å². The molecule has 0 heterocycles. The molecule has 0 aliphatic rings. The third kappa shape index (κ3) is 6.25. The van der Waals surface area contributed by atoms with Crippen LogP contribution in [0.3, 0.4) is 0 Å². The maximum atomic E-state index is 12.2. The average molecular weight is 400 g/mol. The first-order chi connectivity index (χ1) is 13.4. The fourth-order valence-electron chi connectivity index (χ4n) is 2.40. The zero-order valence-corrected chi connectivity index (χ0v) is 16.3. The van der Waals surface area contributed by atoms with Crippen molar-refractivity contribution in [1.82, 2.24) is 5.32 Å². The Balaban J connectivity index is 1.95. The largest absolute Gasteiger partial charge is 0.352 e. The van der Waals surface area contributed by atoms with Crippen LogP contribution in [0, 0.1) is 0 Å². The predicted octanol–water partition coefficient (Wildman–Crippen LogP) is 3.79. The first-order valence-corrected chi connectivity index (χ1v) is 9.20. The number of nitrogens with one attached hydrogen (secondary N) is 3. The number of amides is 3. The third-order valence-electron chi connectivity index (χ3n) is 3.80. The summed E-state index contributed by atoms with van der Waals surface area (Å²) in [6, 6.07) is 11.7. The molecule has 2 rings (SSSR count). The van der Waals surface area contributed by atoms with Crippen molar-refractivity contribution >= 4 is 40.7 Å². The molecule has 0 aliphatic heterocycles. The number of benzene rings is 2.